The van der Waals surface area contributed by atoms with Crippen LogP contribution in [0.2, 0.25) is 0 Å². The molecular weight excluding hydrogens is 382 g/mol. The van der Waals surface area contributed by atoms with E-state index in [-0.39, 0.29) is 23.6 Å². The molecule has 2 aromatic carbocycles. The largest absolute Gasteiger partial charge is 0.508 e. The number of piperidine rings is 1. The summed E-state index contributed by atoms with van der Waals surface area (Å²) < 4.78 is 5.63. The number of phenols is 1. The summed E-state index contributed by atoms with van der Waals surface area (Å²) in [6, 6.07) is 13.9. The molecule has 2 N–H and O–H groups in total. The van der Waals surface area contributed by atoms with Crippen LogP contribution in [0.3, 0.4) is 0 Å². The maximum atomic E-state index is 12.7. The van der Waals surface area contributed by atoms with Crippen molar-refractivity contribution in [2.24, 2.45) is 0 Å². The molecule has 7 nitrogen and oxygen atoms in total. The molecule has 3 rings (SSSR count). The monoisotopic (exact) mass is 411 g/mol. The van der Waals surface area contributed by atoms with Gasteiger partial charge in [-0.05, 0) is 68.3 Å². The van der Waals surface area contributed by atoms with Crippen LogP contribution >= 0.6 is 0 Å². The van der Waals surface area contributed by atoms with Crippen molar-refractivity contribution in [3.05, 3.63) is 54.1 Å². The van der Waals surface area contributed by atoms with Gasteiger partial charge in [0.05, 0.1) is 0 Å². The zero-order valence-corrected chi connectivity index (χ0v) is 17.7. The van der Waals surface area contributed by atoms with Crippen molar-refractivity contribution in [2.45, 2.75) is 31.9 Å². The van der Waals surface area contributed by atoms with Crippen molar-refractivity contribution in [1.29, 1.82) is 0 Å². The average molecular weight is 412 g/mol. The maximum Gasteiger partial charge on any atom is 0.260 e. The predicted octanol–water partition coefficient (Wildman–Crippen LogP) is 2.65. The zero-order chi connectivity index (χ0) is 21.7. The quantitative estimate of drug-likeness (QED) is 0.764. The van der Waals surface area contributed by atoms with Gasteiger partial charge in [-0.3, -0.25) is 9.59 Å². The molecule has 1 unspecified atom stereocenters. The molecule has 1 atom stereocenters. The van der Waals surface area contributed by atoms with Crippen molar-refractivity contribution < 1.29 is 19.4 Å². The Morgan fingerprint density at radius 2 is 1.67 bits per heavy atom. The highest BCUT2D eigenvalue weighted by Gasteiger charge is 2.26. The second-order valence-corrected chi connectivity index (χ2v) is 7.77. The predicted molar refractivity (Wildman–Crippen MR) is 116 cm³/mol. The lowest BCUT2D eigenvalue weighted by molar-refractivity contribution is -0.128. The van der Waals surface area contributed by atoms with Crippen LogP contribution in [0.1, 0.15) is 30.1 Å². The Labute approximate surface area is 177 Å². The lowest BCUT2D eigenvalue weighted by Gasteiger charge is -2.33. The van der Waals surface area contributed by atoms with Crippen LogP contribution in [0, 0.1) is 0 Å². The molecule has 2 amide bonds. The Morgan fingerprint density at radius 3 is 2.23 bits per heavy atom. The highest BCUT2D eigenvalue weighted by Crippen LogP contribution is 2.19. The zero-order valence-electron chi connectivity index (χ0n) is 17.7. The summed E-state index contributed by atoms with van der Waals surface area (Å²) in [4.78, 5) is 29.0. The molecule has 0 saturated carbocycles. The standard InChI is InChI=1S/C23H29N3O4/c1-16(30-21-10-8-20(27)9-11-21)22(28)24-18-12-14-26(15-13-18)23(29)17-4-6-19(7-5-17)25(2)3/h4-11,16,18,27H,12-15H2,1-3H3,(H,24,28). The third kappa shape index (κ3) is 5.43. The molecule has 2 aromatic rings. The van der Waals surface area contributed by atoms with Crippen LogP contribution in [0.15, 0.2) is 48.5 Å². The van der Waals surface area contributed by atoms with Gasteiger partial charge in [-0.1, -0.05) is 0 Å². The van der Waals surface area contributed by atoms with E-state index >= 15 is 0 Å². The van der Waals surface area contributed by atoms with Crippen LogP contribution in [0.5, 0.6) is 11.5 Å². The summed E-state index contributed by atoms with van der Waals surface area (Å²) in [5.41, 5.74) is 1.73. The number of benzene rings is 2. The Hall–Kier alpha value is -3.22. The molecule has 1 fully saturated rings. The number of nitrogens with one attached hydrogen (secondary N) is 1. The van der Waals surface area contributed by atoms with E-state index in [0.717, 1.165) is 5.69 Å². The number of carbonyl (C=O) groups excluding carboxylic acids is 2. The van der Waals surface area contributed by atoms with Crippen molar-refractivity contribution in [2.75, 3.05) is 32.1 Å². The lowest BCUT2D eigenvalue weighted by Crippen LogP contribution is -2.49. The minimum Gasteiger partial charge on any atom is -0.508 e. The molecule has 0 radical (unpaired) electrons. The first-order valence-electron chi connectivity index (χ1n) is 10.2. The first-order valence-corrected chi connectivity index (χ1v) is 10.2. The molecule has 0 aliphatic carbocycles. The summed E-state index contributed by atoms with van der Waals surface area (Å²) in [5, 5.41) is 12.3. The maximum absolute atomic E-state index is 12.7. The van der Waals surface area contributed by atoms with Crippen molar-refractivity contribution in [3.8, 4) is 11.5 Å². The fraction of sp³-hybridized carbons (Fsp3) is 0.391. The van der Waals surface area contributed by atoms with Crippen molar-refractivity contribution in [3.63, 3.8) is 0 Å². The number of carbonyl (C=O) groups is 2. The fourth-order valence-corrected chi connectivity index (χ4v) is 3.41. The van der Waals surface area contributed by atoms with Crippen molar-refractivity contribution >= 4 is 17.5 Å². The number of ether oxygens (including phenoxy) is 1. The number of hydrogen-bond acceptors (Lipinski definition) is 5. The highest BCUT2D eigenvalue weighted by atomic mass is 16.5. The topological polar surface area (TPSA) is 82.1 Å². The molecule has 30 heavy (non-hydrogen) atoms. The van der Waals surface area contributed by atoms with Gasteiger partial charge in [-0.15, -0.1) is 0 Å². The van der Waals surface area contributed by atoms with Crippen LogP contribution in [0.25, 0.3) is 0 Å². The van der Waals surface area contributed by atoms with E-state index in [2.05, 4.69) is 5.32 Å². The van der Waals surface area contributed by atoms with Gasteiger partial charge in [-0.25, -0.2) is 0 Å². The molecular formula is C23H29N3O4. The molecule has 0 aromatic heterocycles. The Balaban J connectivity index is 1.47. The first kappa shape index (κ1) is 21.5. The third-order valence-electron chi connectivity index (χ3n) is 5.28. The number of likely N-dealkylation sites (tertiary alicyclic amines) is 1. The van der Waals surface area contributed by atoms with E-state index in [9.17, 15) is 14.7 Å². The van der Waals surface area contributed by atoms with E-state index in [1.807, 2.05) is 48.2 Å². The van der Waals surface area contributed by atoms with Gasteiger partial charge in [0.2, 0.25) is 0 Å². The van der Waals surface area contributed by atoms with Gasteiger partial charge >= 0.3 is 0 Å². The van der Waals surface area contributed by atoms with E-state index in [4.69, 9.17) is 4.74 Å². The number of amides is 2. The Bertz CT molecular complexity index is 857. The average Bonchev–Trinajstić information content (AvgIpc) is 2.75. The molecule has 1 aliphatic rings. The minimum absolute atomic E-state index is 0.0172. The van der Waals surface area contributed by atoms with Crippen LogP contribution in [-0.2, 0) is 4.79 Å². The van der Waals surface area contributed by atoms with Crippen LogP contribution in [-0.4, -0.2) is 61.2 Å². The molecule has 1 heterocycles. The van der Waals surface area contributed by atoms with E-state index < -0.39 is 6.10 Å². The fourth-order valence-electron chi connectivity index (χ4n) is 3.41. The minimum atomic E-state index is -0.649. The lowest BCUT2D eigenvalue weighted by atomic mass is 10.0. The normalized spacial score (nSPS) is 15.4. The number of anilines is 1. The number of aromatic hydroxyl groups is 1. The third-order valence-corrected chi connectivity index (χ3v) is 5.28. The van der Waals surface area contributed by atoms with E-state index in [1.54, 1.807) is 19.1 Å². The van der Waals surface area contributed by atoms with Gasteiger partial charge in [0.25, 0.3) is 11.8 Å². The first-order chi connectivity index (χ1) is 14.3. The van der Waals surface area contributed by atoms with Gasteiger partial charge in [0.15, 0.2) is 6.10 Å². The van der Waals surface area contributed by atoms with Gasteiger partial charge < -0.3 is 25.0 Å². The van der Waals surface area contributed by atoms with Crippen LogP contribution in [0.4, 0.5) is 5.69 Å². The number of nitrogens with zero attached hydrogens (tertiary/aromatic N) is 2. The van der Waals surface area contributed by atoms with Crippen LogP contribution < -0.4 is 15.0 Å². The SMILES string of the molecule is CC(Oc1ccc(O)cc1)C(=O)NC1CCN(C(=O)c2ccc(N(C)C)cc2)CC1. The molecule has 160 valence electrons. The second kappa shape index (κ2) is 9.52. The smallest absolute Gasteiger partial charge is 0.260 e. The van der Waals surface area contributed by atoms with Gasteiger partial charge in [0.1, 0.15) is 11.5 Å². The number of rotatable bonds is 6. The molecule has 7 heteroatoms. The highest BCUT2D eigenvalue weighted by molar-refractivity contribution is 5.94. The number of phenolic OH excluding ortho intramolecular Hbond substituents is 1. The van der Waals surface area contributed by atoms with Crippen molar-refractivity contribution in [1.82, 2.24) is 10.2 Å². The Kier molecular flexibility index (Phi) is 6.82. The molecule has 0 bridgehead atoms. The molecule has 0 spiro atoms. The molecule has 1 saturated heterocycles. The second-order valence-electron chi connectivity index (χ2n) is 7.77. The van der Waals surface area contributed by atoms with E-state index in [0.29, 0.717) is 37.2 Å². The number of hydrogen-bond donors (Lipinski definition) is 2. The summed E-state index contributed by atoms with van der Waals surface area (Å²) in [5.74, 6) is 0.506. The van der Waals surface area contributed by atoms with E-state index in [1.165, 1.54) is 12.1 Å². The summed E-state index contributed by atoms with van der Waals surface area (Å²) in [6.45, 7) is 2.90. The summed E-state index contributed by atoms with van der Waals surface area (Å²) in [7, 11) is 3.93. The summed E-state index contributed by atoms with van der Waals surface area (Å²) in [6.07, 6.45) is 0.766. The Morgan fingerprint density at radius 1 is 1.07 bits per heavy atom. The molecule has 1 aliphatic heterocycles. The van der Waals surface area contributed by atoms with Gasteiger partial charge in [-0.2, -0.15) is 0 Å². The van der Waals surface area contributed by atoms with Gasteiger partial charge in [0, 0.05) is 44.5 Å². The summed E-state index contributed by atoms with van der Waals surface area (Å²) >= 11 is 0.